The van der Waals surface area contributed by atoms with Crippen molar-refractivity contribution in [2.45, 2.75) is 39.8 Å². The lowest BCUT2D eigenvalue weighted by Gasteiger charge is -2.14. The molecule has 6 heteroatoms. The number of nitrogens with one attached hydrogen (secondary N) is 2. The van der Waals surface area contributed by atoms with E-state index in [2.05, 4.69) is 10.6 Å². The van der Waals surface area contributed by atoms with Crippen molar-refractivity contribution in [3.05, 3.63) is 65.2 Å². The summed E-state index contributed by atoms with van der Waals surface area (Å²) in [5.41, 5.74) is 9.56. The molecule has 2 rings (SSSR count). The Morgan fingerprint density at radius 1 is 1.07 bits per heavy atom. The first-order valence-electron chi connectivity index (χ1n) is 8.84. The van der Waals surface area contributed by atoms with E-state index in [-0.39, 0.29) is 24.2 Å². The van der Waals surface area contributed by atoms with Gasteiger partial charge < -0.3 is 16.4 Å². The largest absolute Gasteiger partial charge is 0.350 e. The van der Waals surface area contributed by atoms with Crippen LogP contribution in [-0.4, -0.2) is 11.8 Å². The van der Waals surface area contributed by atoms with E-state index >= 15 is 0 Å². The molecule has 0 aliphatic heterocycles. The highest BCUT2D eigenvalue weighted by Gasteiger charge is 2.15. The fourth-order valence-electron chi connectivity index (χ4n) is 2.57. The van der Waals surface area contributed by atoms with Crippen molar-refractivity contribution in [3.8, 4) is 0 Å². The minimum absolute atomic E-state index is 0. The zero-order chi connectivity index (χ0) is 19.1. The van der Waals surface area contributed by atoms with Gasteiger partial charge in [0.25, 0.3) is 0 Å². The van der Waals surface area contributed by atoms with Crippen LogP contribution in [0.5, 0.6) is 0 Å². The molecule has 0 aromatic heterocycles. The summed E-state index contributed by atoms with van der Waals surface area (Å²) in [7, 11) is 0. The lowest BCUT2D eigenvalue weighted by atomic mass is 10.1. The summed E-state index contributed by atoms with van der Waals surface area (Å²) in [5, 5.41) is 5.73. The molecule has 0 spiro atoms. The number of aryl methyl sites for hydroxylation is 1. The zero-order valence-electron chi connectivity index (χ0n) is 16.0. The van der Waals surface area contributed by atoms with Crippen LogP contribution in [0.3, 0.4) is 0 Å². The Balaban J connectivity index is 0.00000364. The fraction of sp³-hybridized carbons (Fsp3) is 0.333. The first kappa shape index (κ1) is 22.7. The Bertz CT molecular complexity index is 760. The number of carbonyl (C=O) groups excluding carboxylic acids is 2. The lowest BCUT2D eigenvalue weighted by molar-refractivity contribution is -0.122. The lowest BCUT2D eigenvalue weighted by Crippen LogP contribution is -2.33. The summed E-state index contributed by atoms with van der Waals surface area (Å²) >= 11 is 0. The summed E-state index contributed by atoms with van der Waals surface area (Å²) in [6.45, 7) is 6.35. The highest BCUT2D eigenvalue weighted by Crippen LogP contribution is 2.14. The molecule has 2 aromatic rings. The van der Waals surface area contributed by atoms with Gasteiger partial charge in [0.1, 0.15) is 6.04 Å². The molecule has 4 N–H and O–H groups in total. The summed E-state index contributed by atoms with van der Waals surface area (Å²) < 4.78 is 0. The number of halogens is 1. The molecular weight excluding hydrogens is 362 g/mol. The number of hydrogen-bond acceptors (Lipinski definition) is 3. The minimum Gasteiger partial charge on any atom is -0.350 e. The third-order valence-corrected chi connectivity index (χ3v) is 3.99. The highest BCUT2D eigenvalue weighted by atomic mass is 35.5. The summed E-state index contributed by atoms with van der Waals surface area (Å²) in [6.07, 6.45) is 0.479. The Morgan fingerprint density at radius 2 is 1.74 bits per heavy atom. The first-order valence-corrected chi connectivity index (χ1v) is 8.84. The molecule has 0 radical (unpaired) electrons. The molecular formula is C21H28ClN3O2. The molecule has 0 aliphatic rings. The van der Waals surface area contributed by atoms with Crippen molar-refractivity contribution in [1.29, 1.82) is 0 Å². The van der Waals surface area contributed by atoms with Crippen LogP contribution < -0.4 is 16.4 Å². The van der Waals surface area contributed by atoms with Crippen LogP contribution in [0, 0.1) is 12.8 Å². The van der Waals surface area contributed by atoms with Crippen LogP contribution >= 0.6 is 12.4 Å². The molecule has 0 aliphatic carbocycles. The van der Waals surface area contributed by atoms with E-state index in [1.165, 1.54) is 0 Å². The van der Waals surface area contributed by atoms with Gasteiger partial charge in [-0.25, -0.2) is 0 Å². The zero-order valence-corrected chi connectivity index (χ0v) is 16.8. The molecule has 0 saturated carbocycles. The third-order valence-electron chi connectivity index (χ3n) is 3.99. The van der Waals surface area contributed by atoms with Crippen molar-refractivity contribution in [2.24, 2.45) is 11.7 Å². The second-order valence-corrected chi connectivity index (χ2v) is 6.95. The SMILES string of the molecule is Cc1ccc(C(N)C(=O)NCc2cccc(NC(=O)CC(C)C)c2)cc1.Cl. The molecule has 5 nitrogen and oxygen atoms in total. The number of hydrogen-bond donors (Lipinski definition) is 3. The van der Waals surface area contributed by atoms with Gasteiger partial charge in [-0.1, -0.05) is 55.8 Å². The Morgan fingerprint density at radius 3 is 2.37 bits per heavy atom. The van der Waals surface area contributed by atoms with Crippen LogP contribution in [0.4, 0.5) is 5.69 Å². The van der Waals surface area contributed by atoms with Crippen molar-refractivity contribution in [1.82, 2.24) is 5.32 Å². The third kappa shape index (κ3) is 7.41. The second-order valence-electron chi connectivity index (χ2n) is 6.95. The first-order chi connectivity index (χ1) is 12.3. The van der Waals surface area contributed by atoms with Crippen molar-refractivity contribution < 1.29 is 9.59 Å². The maximum Gasteiger partial charge on any atom is 0.241 e. The number of amides is 2. The normalized spacial score (nSPS) is 11.4. The molecule has 2 aromatic carbocycles. The summed E-state index contributed by atoms with van der Waals surface area (Å²) in [4.78, 5) is 24.2. The predicted octanol–water partition coefficient (Wildman–Crippen LogP) is 3.72. The molecule has 146 valence electrons. The average Bonchev–Trinajstić information content (AvgIpc) is 2.59. The van der Waals surface area contributed by atoms with Gasteiger partial charge >= 0.3 is 0 Å². The standard InChI is InChI=1S/C21H27N3O2.ClH/c1-14(2)11-19(25)24-18-6-4-5-16(12-18)13-23-21(26)20(22)17-9-7-15(3)8-10-17;/h4-10,12,14,20H,11,13,22H2,1-3H3,(H,23,26)(H,24,25);1H. The molecule has 0 heterocycles. The number of nitrogens with two attached hydrogens (primary N) is 1. The van der Waals surface area contributed by atoms with E-state index in [1.54, 1.807) is 0 Å². The molecule has 1 unspecified atom stereocenters. The van der Waals surface area contributed by atoms with Crippen molar-refractivity contribution in [2.75, 3.05) is 5.32 Å². The van der Waals surface area contributed by atoms with Gasteiger partial charge in [-0.3, -0.25) is 9.59 Å². The van der Waals surface area contributed by atoms with Crippen LogP contribution in [0.25, 0.3) is 0 Å². The fourth-order valence-corrected chi connectivity index (χ4v) is 2.57. The maximum absolute atomic E-state index is 12.3. The Kier molecular flexibility index (Phi) is 8.98. The average molecular weight is 390 g/mol. The van der Waals surface area contributed by atoms with Crippen LogP contribution in [-0.2, 0) is 16.1 Å². The van der Waals surface area contributed by atoms with Gasteiger partial charge in [-0.05, 0) is 36.1 Å². The Hall–Kier alpha value is -2.37. The number of rotatable bonds is 7. The molecule has 1 atom stereocenters. The van der Waals surface area contributed by atoms with E-state index in [0.29, 0.717) is 18.9 Å². The smallest absolute Gasteiger partial charge is 0.241 e. The van der Waals surface area contributed by atoms with Gasteiger partial charge in [0, 0.05) is 18.7 Å². The molecule has 2 amide bonds. The van der Waals surface area contributed by atoms with Crippen LogP contribution in [0.2, 0.25) is 0 Å². The second kappa shape index (κ2) is 10.7. The van der Waals surface area contributed by atoms with Gasteiger partial charge in [0.15, 0.2) is 0 Å². The van der Waals surface area contributed by atoms with E-state index in [0.717, 1.165) is 22.4 Å². The van der Waals surface area contributed by atoms with E-state index in [9.17, 15) is 9.59 Å². The topological polar surface area (TPSA) is 84.2 Å². The number of carbonyl (C=O) groups is 2. The predicted molar refractivity (Wildman–Crippen MR) is 112 cm³/mol. The van der Waals surface area contributed by atoms with Crippen LogP contribution in [0.1, 0.15) is 43.0 Å². The van der Waals surface area contributed by atoms with E-state index < -0.39 is 6.04 Å². The maximum atomic E-state index is 12.3. The minimum atomic E-state index is -0.704. The van der Waals surface area contributed by atoms with Crippen molar-refractivity contribution >= 4 is 29.9 Å². The molecule has 0 saturated heterocycles. The van der Waals surface area contributed by atoms with Crippen molar-refractivity contribution in [3.63, 3.8) is 0 Å². The monoisotopic (exact) mass is 389 g/mol. The number of benzene rings is 2. The molecule has 0 bridgehead atoms. The summed E-state index contributed by atoms with van der Waals surface area (Å²) in [5.74, 6) is 0.0615. The van der Waals surface area contributed by atoms with E-state index in [4.69, 9.17) is 5.73 Å². The molecule has 27 heavy (non-hydrogen) atoms. The summed E-state index contributed by atoms with van der Waals surface area (Å²) in [6, 6.07) is 14.3. The quantitative estimate of drug-likeness (QED) is 0.674. The highest BCUT2D eigenvalue weighted by molar-refractivity contribution is 5.90. The molecule has 0 fully saturated rings. The van der Waals surface area contributed by atoms with E-state index in [1.807, 2.05) is 69.3 Å². The van der Waals surface area contributed by atoms with Gasteiger partial charge in [-0.2, -0.15) is 0 Å². The van der Waals surface area contributed by atoms with Gasteiger partial charge in [0.2, 0.25) is 11.8 Å². The Labute approximate surface area is 167 Å². The van der Waals surface area contributed by atoms with Gasteiger partial charge in [-0.15, -0.1) is 12.4 Å². The van der Waals surface area contributed by atoms with Gasteiger partial charge in [0.05, 0.1) is 0 Å². The van der Waals surface area contributed by atoms with Crippen LogP contribution in [0.15, 0.2) is 48.5 Å². The number of anilines is 1.